The lowest BCUT2D eigenvalue weighted by molar-refractivity contribution is 0.204. The number of aromatic nitrogens is 1. The van der Waals surface area contributed by atoms with E-state index in [1.807, 2.05) is 19.2 Å². The van der Waals surface area contributed by atoms with Gasteiger partial charge < -0.3 is 15.4 Å². The van der Waals surface area contributed by atoms with Crippen LogP contribution in [0, 0.1) is 6.92 Å². The first-order valence-electron chi connectivity index (χ1n) is 6.95. The van der Waals surface area contributed by atoms with Gasteiger partial charge in [-0.2, -0.15) is 0 Å². The molecule has 0 aliphatic carbocycles. The predicted molar refractivity (Wildman–Crippen MR) is 85.3 cm³/mol. The average Bonchev–Trinajstić information content (AvgIpc) is 2.41. The van der Waals surface area contributed by atoms with Crippen LogP contribution in [0.2, 0.25) is 0 Å². The fourth-order valence-electron chi connectivity index (χ4n) is 2.45. The molecule has 0 fully saturated rings. The van der Waals surface area contributed by atoms with Crippen LogP contribution in [0.3, 0.4) is 0 Å². The van der Waals surface area contributed by atoms with Crippen molar-refractivity contribution in [3.05, 3.63) is 30.1 Å². The summed E-state index contributed by atoms with van der Waals surface area (Å²) in [5.41, 5.74) is 9.03. The van der Waals surface area contributed by atoms with Gasteiger partial charge >= 0.3 is 0 Å². The first kappa shape index (κ1) is 14.6. The Morgan fingerprint density at radius 1 is 1.30 bits per heavy atom. The number of hydrogen-bond acceptors (Lipinski definition) is 4. The Morgan fingerprint density at radius 2 is 2.05 bits per heavy atom. The van der Waals surface area contributed by atoms with E-state index in [0.29, 0.717) is 12.6 Å². The lowest BCUT2D eigenvalue weighted by Gasteiger charge is -2.30. The maximum Gasteiger partial charge on any atom is 0.0637 e. The largest absolute Gasteiger partial charge is 0.398 e. The molecule has 1 heterocycles. The Kier molecular flexibility index (Phi) is 4.45. The Morgan fingerprint density at radius 3 is 2.70 bits per heavy atom. The van der Waals surface area contributed by atoms with Gasteiger partial charge in [-0.1, -0.05) is 0 Å². The third-order valence-electron chi connectivity index (χ3n) is 3.52. The van der Waals surface area contributed by atoms with E-state index < -0.39 is 0 Å². The zero-order valence-corrected chi connectivity index (χ0v) is 12.7. The van der Waals surface area contributed by atoms with Gasteiger partial charge in [-0.05, 0) is 39.0 Å². The molecule has 0 bridgehead atoms. The Hall–Kier alpha value is -1.81. The lowest BCUT2D eigenvalue weighted by Crippen LogP contribution is -2.34. The highest BCUT2D eigenvalue weighted by atomic mass is 16.5. The van der Waals surface area contributed by atoms with Crippen LogP contribution >= 0.6 is 0 Å². The van der Waals surface area contributed by atoms with Gasteiger partial charge in [0.25, 0.3) is 0 Å². The first-order valence-corrected chi connectivity index (χ1v) is 6.95. The normalized spacial score (nSPS) is 11.2. The van der Waals surface area contributed by atoms with Gasteiger partial charge in [0.2, 0.25) is 0 Å². The van der Waals surface area contributed by atoms with Gasteiger partial charge in [0.1, 0.15) is 0 Å². The number of pyridine rings is 1. The Balaban J connectivity index is 2.56. The summed E-state index contributed by atoms with van der Waals surface area (Å²) in [6.07, 6.45) is 1.86. The minimum Gasteiger partial charge on any atom is -0.398 e. The van der Waals surface area contributed by atoms with E-state index in [9.17, 15) is 0 Å². The molecular weight excluding hydrogens is 250 g/mol. The van der Waals surface area contributed by atoms with Crippen LogP contribution in [-0.2, 0) is 4.74 Å². The van der Waals surface area contributed by atoms with Crippen LogP contribution in [0.15, 0.2) is 24.4 Å². The summed E-state index contributed by atoms with van der Waals surface area (Å²) < 4.78 is 5.22. The smallest absolute Gasteiger partial charge is 0.0637 e. The minimum absolute atomic E-state index is 0.394. The van der Waals surface area contributed by atoms with Crippen molar-refractivity contribution in [2.75, 3.05) is 30.9 Å². The lowest BCUT2D eigenvalue weighted by atomic mass is 10.1. The highest BCUT2D eigenvalue weighted by Gasteiger charge is 2.14. The van der Waals surface area contributed by atoms with Crippen molar-refractivity contribution in [3.8, 4) is 0 Å². The number of aryl methyl sites for hydroxylation is 1. The van der Waals surface area contributed by atoms with Crippen molar-refractivity contribution >= 4 is 22.1 Å². The van der Waals surface area contributed by atoms with Gasteiger partial charge in [-0.15, -0.1) is 0 Å². The van der Waals surface area contributed by atoms with Crippen LogP contribution in [0.4, 0.5) is 11.4 Å². The Labute approximate surface area is 120 Å². The van der Waals surface area contributed by atoms with Gasteiger partial charge in [0, 0.05) is 53.7 Å². The van der Waals surface area contributed by atoms with Crippen molar-refractivity contribution in [3.63, 3.8) is 0 Å². The predicted octanol–water partition coefficient (Wildman–Crippen LogP) is 2.99. The topological polar surface area (TPSA) is 51.4 Å². The Bertz CT molecular complexity index is 596. The van der Waals surface area contributed by atoms with Crippen LogP contribution in [-0.4, -0.2) is 31.3 Å². The third-order valence-corrected chi connectivity index (χ3v) is 3.52. The van der Waals surface area contributed by atoms with Crippen LogP contribution < -0.4 is 10.6 Å². The molecule has 20 heavy (non-hydrogen) atoms. The van der Waals surface area contributed by atoms with Gasteiger partial charge in [-0.3, -0.25) is 4.98 Å². The summed E-state index contributed by atoms with van der Waals surface area (Å²) in [4.78, 5) is 6.69. The van der Waals surface area contributed by atoms with E-state index in [0.717, 1.165) is 28.7 Å². The second kappa shape index (κ2) is 6.09. The minimum atomic E-state index is 0.394. The quantitative estimate of drug-likeness (QED) is 0.851. The monoisotopic (exact) mass is 273 g/mol. The van der Waals surface area contributed by atoms with E-state index in [-0.39, 0.29) is 0 Å². The molecule has 0 aliphatic heterocycles. The molecule has 2 rings (SSSR count). The molecule has 0 saturated carbocycles. The summed E-state index contributed by atoms with van der Waals surface area (Å²) in [5, 5.41) is 2.17. The first-order chi connectivity index (χ1) is 9.54. The van der Waals surface area contributed by atoms with Crippen molar-refractivity contribution in [2.45, 2.75) is 26.8 Å². The second-order valence-corrected chi connectivity index (χ2v) is 5.33. The molecule has 0 aliphatic rings. The zero-order chi connectivity index (χ0) is 14.7. The highest BCUT2D eigenvalue weighted by Crippen LogP contribution is 2.31. The molecule has 0 saturated heterocycles. The average molecular weight is 273 g/mol. The molecule has 4 heteroatoms. The van der Waals surface area contributed by atoms with Crippen molar-refractivity contribution in [1.29, 1.82) is 0 Å². The SMILES string of the molecule is COCCN(c1ccc(N)c2cnc(C)cc12)C(C)C. The molecule has 4 nitrogen and oxygen atoms in total. The molecule has 0 spiro atoms. The number of nitrogens with zero attached hydrogens (tertiary/aromatic N) is 2. The summed E-state index contributed by atoms with van der Waals surface area (Å²) in [6, 6.07) is 6.54. The maximum atomic E-state index is 6.07. The molecule has 0 radical (unpaired) electrons. The standard InChI is InChI=1S/C16H23N3O/c1-11(2)19(7-8-20-4)16-6-5-15(17)14-10-18-12(3)9-13(14)16/h5-6,9-11H,7-8,17H2,1-4H3. The summed E-state index contributed by atoms with van der Waals surface area (Å²) in [7, 11) is 1.73. The van der Waals surface area contributed by atoms with Crippen molar-refractivity contribution < 1.29 is 4.74 Å². The number of fused-ring (bicyclic) bond motifs is 1. The van der Waals surface area contributed by atoms with Gasteiger partial charge in [-0.25, -0.2) is 0 Å². The zero-order valence-electron chi connectivity index (χ0n) is 12.7. The van der Waals surface area contributed by atoms with Crippen LogP contribution in [0.1, 0.15) is 19.5 Å². The second-order valence-electron chi connectivity index (χ2n) is 5.33. The number of hydrogen-bond donors (Lipinski definition) is 1. The van der Waals surface area contributed by atoms with E-state index >= 15 is 0 Å². The van der Waals surface area contributed by atoms with Crippen LogP contribution in [0.5, 0.6) is 0 Å². The number of nitrogen functional groups attached to an aromatic ring is 1. The molecule has 1 aromatic carbocycles. The van der Waals surface area contributed by atoms with E-state index in [4.69, 9.17) is 10.5 Å². The molecule has 108 valence electrons. The number of benzene rings is 1. The van der Waals surface area contributed by atoms with Gasteiger partial charge in [0.05, 0.1) is 6.61 Å². The molecular formula is C16H23N3O. The fourth-order valence-corrected chi connectivity index (χ4v) is 2.45. The van der Waals surface area contributed by atoms with Gasteiger partial charge in [0.15, 0.2) is 0 Å². The highest BCUT2D eigenvalue weighted by molar-refractivity contribution is 6.01. The number of anilines is 2. The number of rotatable bonds is 5. The third kappa shape index (κ3) is 2.85. The molecule has 0 atom stereocenters. The summed E-state index contributed by atoms with van der Waals surface area (Å²) in [6.45, 7) is 7.93. The van der Waals surface area contributed by atoms with E-state index in [2.05, 4.69) is 35.9 Å². The van der Waals surface area contributed by atoms with Crippen LogP contribution in [0.25, 0.3) is 10.8 Å². The number of nitrogens with two attached hydrogens (primary N) is 1. The fraction of sp³-hybridized carbons (Fsp3) is 0.438. The number of methoxy groups -OCH3 is 1. The molecule has 0 unspecified atom stereocenters. The van der Waals surface area contributed by atoms with E-state index in [1.54, 1.807) is 7.11 Å². The molecule has 2 aromatic rings. The van der Waals surface area contributed by atoms with Crippen molar-refractivity contribution in [2.24, 2.45) is 0 Å². The summed E-state index contributed by atoms with van der Waals surface area (Å²) >= 11 is 0. The molecule has 2 N–H and O–H groups in total. The van der Waals surface area contributed by atoms with E-state index in [1.165, 1.54) is 5.69 Å². The molecule has 0 amide bonds. The van der Waals surface area contributed by atoms with Crippen molar-refractivity contribution in [1.82, 2.24) is 4.98 Å². The maximum absolute atomic E-state index is 6.07. The summed E-state index contributed by atoms with van der Waals surface area (Å²) in [5.74, 6) is 0. The molecule has 1 aromatic heterocycles. The number of ether oxygens (including phenoxy) is 1.